The predicted octanol–water partition coefficient (Wildman–Crippen LogP) is 4.67. The Morgan fingerprint density at radius 3 is 2.65 bits per heavy atom. The number of nitrogens with one attached hydrogen (secondary N) is 1. The lowest BCUT2D eigenvalue weighted by Crippen LogP contribution is -2.20. The van der Waals surface area contributed by atoms with E-state index in [0.717, 1.165) is 28.8 Å². The van der Waals surface area contributed by atoms with E-state index in [9.17, 15) is 4.79 Å². The van der Waals surface area contributed by atoms with Crippen LogP contribution < -0.4 is 14.8 Å². The Bertz CT molecular complexity index is 874. The number of aromatic nitrogens is 1. The highest BCUT2D eigenvalue weighted by molar-refractivity contribution is 7.22. The number of anilines is 1. The average Bonchev–Trinajstić information content (AvgIpc) is 3.05. The summed E-state index contributed by atoms with van der Waals surface area (Å²) in [7, 11) is 0. The van der Waals surface area contributed by atoms with Crippen molar-refractivity contribution in [1.29, 1.82) is 0 Å². The summed E-state index contributed by atoms with van der Waals surface area (Å²) >= 11 is 1.42. The number of amides is 1. The van der Waals surface area contributed by atoms with Crippen LogP contribution in [0.4, 0.5) is 5.13 Å². The molecule has 3 aromatic rings. The number of fused-ring (bicyclic) bond motifs is 1. The number of rotatable bonds is 8. The van der Waals surface area contributed by atoms with Gasteiger partial charge in [-0.25, -0.2) is 4.98 Å². The van der Waals surface area contributed by atoms with Gasteiger partial charge in [0.25, 0.3) is 5.91 Å². The highest BCUT2D eigenvalue weighted by Crippen LogP contribution is 2.32. The van der Waals surface area contributed by atoms with Crippen LogP contribution in [-0.2, 0) is 11.2 Å². The van der Waals surface area contributed by atoms with E-state index in [4.69, 9.17) is 9.47 Å². The van der Waals surface area contributed by atoms with E-state index in [1.807, 2.05) is 49.4 Å². The fourth-order valence-electron chi connectivity index (χ4n) is 2.59. The second kappa shape index (κ2) is 8.67. The molecule has 2 aromatic carbocycles. The van der Waals surface area contributed by atoms with Crippen molar-refractivity contribution in [2.75, 3.05) is 18.5 Å². The fourth-order valence-corrected chi connectivity index (χ4v) is 3.49. The number of hydrogen-bond acceptors (Lipinski definition) is 5. The number of benzene rings is 2. The second-order valence-corrected chi connectivity index (χ2v) is 6.82. The first-order valence-electron chi connectivity index (χ1n) is 8.73. The van der Waals surface area contributed by atoms with Gasteiger partial charge < -0.3 is 9.47 Å². The zero-order valence-electron chi connectivity index (χ0n) is 15.0. The Labute approximate surface area is 157 Å². The number of para-hydroxylation sites is 1. The normalized spacial score (nSPS) is 10.7. The van der Waals surface area contributed by atoms with Gasteiger partial charge in [0.1, 0.15) is 17.0 Å². The lowest BCUT2D eigenvalue weighted by Gasteiger charge is -2.06. The first-order valence-corrected chi connectivity index (χ1v) is 9.55. The van der Waals surface area contributed by atoms with Crippen LogP contribution in [0.25, 0.3) is 10.2 Å². The van der Waals surface area contributed by atoms with Crippen LogP contribution in [0.3, 0.4) is 0 Å². The smallest absolute Gasteiger partial charge is 0.264 e. The van der Waals surface area contributed by atoms with Crippen molar-refractivity contribution in [2.45, 2.75) is 26.7 Å². The zero-order chi connectivity index (χ0) is 18.4. The molecule has 0 saturated carbocycles. The van der Waals surface area contributed by atoms with E-state index < -0.39 is 0 Å². The van der Waals surface area contributed by atoms with Crippen LogP contribution in [0.2, 0.25) is 0 Å². The molecule has 5 nitrogen and oxygen atoms in total. The summed E-state index contributed by atoms with van der Waals surface area (Å²) in [6.07, 6.45) is 2.15. The monoisotopic (exact) mass is 370 g/mol. The molecule has 0 spiro atoms. The molecule has 0 aliphatic heterocycles. The molecule has 0 bridgehead atoms. The molecule has 3 rings (SSSR count). The molecule has 0 radical (unpaired) electrons. The van der Waals surface area contributed by atoms with E-state index in [0.29, 0.717) is 17.5 Å². The Morgan fingerprint density at radius 1 is 1.12 bits per heavy atom. The van der Waals surface area contributed by atoms with Gasteiger partial charge in [-0.3, -0.25) is 10.1 Å². The van der Waals surface area contributed by atoms with Crippen molar-refractivity contribution in [1.82, 2.24) is 4.98 Å². The molecule has 6 heteroatoms. The Hall–Kier alpha value is -2.60. The van der Waals surface area contributed by atoms with E-state index in [1.54, 1.807) is 0 Å². The number of thiazole rings is 1. The number of carbonyl (C=O) groups excluding carboxylic acids is 1. The third-order valence-corrected chi connectivity index (χ3v) is 4.70. The van der Waals surface area contributed by atoms with Crippen molar-refractivity contribution in [2.24, 2.45) is 0 Å². The van der Waals surface area contributed by atoms with E-state index in [-0.39, 0.29) is 12.5 Å². The fraction of sp³-hybridized carbons (Fsp3) is 0.300. The maximum atomic E-state index is 12.1. The van der Waals surface area contributed by atoms with Gasteiger partial charge in [-0.05, 0) is 43.2 Å². The third kappa shape index (κ3) is 4.52. The Kier molecular flexibility index (Phi) is 6.07. The molecular weight excluding hydrogens is 348 g/mol. The van der Waals surface area contributed by atoms with E-state index in [1.165, 1.54) is 16.9 Å². The van der Waals surface area contributed by atoms with Crippen LogP contribution in [0.1, 0.15) is 25.8 Å². The predicted molar refractivity (Wildman–Crippen MR) is 105 cm³/mol. The molecule has 1 aromatic heterocycles. The van der Waals surface area contributed by atoms with Gasteiger partial charge in [-0.1, -0.05) is 42.9 Å². The largest absolute Gasteiger partial charge is 0.492 e. The lowest BCUT2D eigenvalue weighted by molar-refractivity contribution is -0.118. The van der Waals surface area contributed by atoms with Gasteiger partial charge in [0.15, 0.2) is 11.7 Å². The average molecular weight is 370 g/mol. The first-order chi connectivity index (χ1) is 12.7. The summed E-state index contributed by atoms with van der Waals surface area (Å²) in [4.78, 5) is 16.6. The van der Waals surface area contributed by atoms with Gasteiger partial charge in [-0.15, -0.1) is 0 Å². The number of hydrogen-bond donors (Lipinski definition) is 1. The molecule has 136 valence electrons. The second-order valence-electron chi connectivity index (χ2n) is 5.79. The molecule has 1 heterocycles. The molecule has 0 atom stereocenters. The number of nitrogens with zero attached hydrogens (tertiary/aromatic N) is 1. The minimum absolute atomic E-state index is 0.0542. The van der Waals surface area contributed by atoms with Crippen molar-refractivity contribution >= 4 is 32.6 Å². The van der Waals surface area contributed by atoms with Gasteiger partial charge in [0, 0.05) is 0 Å². The molecular formula is C20H22N2O3S. The maximum Gasteiger partial charge on any atom is 0.264 e. The topological polar surface area (TPSA) is 60.5 Å². The highest BCUT2D eigenvalue weighted by Gasteiger charge is 2.11. The molecule has 0 saturated heterocycles. The maximum absolute atomic E-state index is 12.1. The van der Waals surface area contributed by atoms with Crippen LogP contribution >= 0.6 is 11.3 Å². The van der Waals surface area contributed by atoms with Gasteiger partial charge in [0.2, 0.25) is 0 Å². The Morgan fingerprint density at radius 2 is 1.92 bits per heavy atom. The summed E-state index contributed by atoms with van der Waals surface area (Å²) in [5.74, 6) is 1.17. The molecule has 26 heavy (non-hydrogen) atoms. The molecule has 0 unspecified atom stereocenters. The highest BCUT2D eigenvalue weighted by atomic mass is 32.1. The van der Waals surface area contributed by atoms with Crippen LogP contribution in [0, 0.1) is 0 Å². The van der Waals surface area contributed by atoms with E-state index >= 15 is 0 Å². The Balaban J connectivity index is 1.59. The van der Waals surface area contributed by atoms with Crippen LogP contribution in [0.15, 0.2) is 42.5 Å². The van der Waals surface area contributed by atoms with Crippen molar-refractivity contribution < 1.29 is 14.3 Å². The minimum Gasteiger partial charge on any atom is -0.492 e. The summed E-state index contributed by atoms with van der Waals surface area (Å²) in [6.45, 7) is 4.60. The number of aryl methyl sites for hydroxylation is 1. The van der Waals surface area contributed by atoms with Gasteiger partial charge >= 0.3 is 0 Å². The molecule has 0 fully saturated rings. The SMILES string of the molecule is CCCc1ccc(OCC(=O)Nc2nc3c(OCC)cccc3s2)cc1. The van der Waals surface area contributed by atoms with Crippen molar-refractivity contribution in [3.8, 4) is 11.5 Å². The summed E-state index contributed by atoms with van der Waals surface area (Å²) in [6, 6.07) is 13.6. The van der Waals surface area contributed by atoms with Crippen LogP contribution in [-0.4, -0.2) is 24.1 Å². The van der Waals surface area contributed by atoms with Crippen molar-refractivity contribution in [3.63, 3.8) is 0 Å². The van der Waals surface area contributed by atoms with Gasteiger partial charge in [-0.2, -0.15) is 0 Å². The first kappa shape index (κ1) is 18.2. The number of ether oxygens (including phenoxy) is 2. The van der Waals surface area contributed by atoms with Crippen molar-refractivity contribution in [3.05, 3.63) is 48.0 Å². The van der Waals surface area contributed by atoms with Gasteiger partial charge in [0.05, 0.1) is 11.3 Å². The lowest BCUT2D eigenvalue weighted by atomic mass is 10.1. The molecule has 1 amide bonds. The summed E-state index contributed by atoms with van der Waals surface area (Å²) in [5, 5.41) is 3.33. The minimum atomic E-state index is -0.236. The number of carbonyl (C=O) groups is 1. The standard InChI is InChI=1S/C20H22N2O3S/c1-3-6-14-9-11-15(12-10-14)25-13-18(23)21-20-22-19-16(24-4-2)7-5-8-17(19)26-20/h5,7-12H,3-4,6,13H2,1-2H3,(H,21,22,23). The third-order valence-electron chi connectivity index (χ3n) is 3.76. The summed E-state index contributed by atoms with van der Waals surface area (Å²) < 4.78 is 12.1. The molecule has 1 N–H and O–H groups in total. The summed E-state index contributed by atoms with van der Waals surface area (Å²) in [5.41, 5.74) is 2.03. The molecule has 0 aliphatic rings. The molecule has 0 aliphatic carbocycles. The zero-order valence-corrected chi connectivity index (χ0v) is 15.8. The van der Waals surface area contributed by atoms with Crippen LogP contribution in [0.5, 0.6) is 11.5 Å². The van der Waals surface area contributed by atoms with E-state index in [2.05, 4.69) is 17.2 Å². The quantitative estimate of drug-likeness (QED) is 0.626.